The zero-order valence-corrected chi connectivity index (χ0v) is 15.8. The molecule has 0 unspecified atom stereocenters. The molecular formula is C22H18ClN5. The molecule has 0 fully saturated rings. The van der Waals surface area contributed by atoms with E-state index in [-0.39, 0.29) is 0 Å². The summed E-state index contributed by atoms with van der Waals surface area (Å²) < 4.78 is 0. The van der Waals surface area contributed by atoms with Crippen LogP contribution in [0, 0.1) is 0 Å². The van der Waals surface area contributed by atoms with Crippen LogP contribution in [0.3, 0.4) is 0 Å². The Bertz CT molecular complexity index is 1040. The average molecular weight is 388 g/mol. The molecule has 28 heavy (non-hydrogen) atoms. The molecule has 6 heteroatoms. The maximum absolute atomic E-state index is 5.98. The van der Waals surface area contributed by atoms with Crippen molar-refractivity contribution in [1.29, 1.82) is 0 Å². The number of anilines is 3. The molecule has 4 aromatic rings. The number of aromatic nitrogens is 3. The van der Waals surface area contributed by atoms with E-state index >= 15 is 0 Å². The molecule has 0 aliphatic carbocycles. The third kappa shape index (κ3) is 4.64. The van der Waals surface area contributed by atoms with Crippen molar-refractivity contribution in [1.82, 2.24) is 15.0 Å². The molecule has 5 nitrogen and oxygen atoms in total. The molecule has 0 aliphatic rings. The quantitative estimate of drug-likeness (QED) is 0.454. The number of benzene rings is 2. The lowest BCUT2D eigenvalue weighted by Gasteiger charge is -2.12. The molecule has 2 aromatic heterocycles. The van der Waals surface area contributed by atoms with E-state index in [9.17, 15) is 0 Å². The van der Waals surface area contributed by atoms with Crippen LogP contribution >= 0.6 is 11.6 Å². The first kappa shape index (κ1) is 17.9. The van der Waals surface area contributed by atoms with Crippen molar-refractivity contribution < 1.29 is 0 Å². The van der Waals surface area contributed by atoms with Gasteiger partial charge in [-0.1, -0.05) is 41.9 Å². The SMILES string of the molecule is Clc1ccc(Nc2cc(NCc3ccncc3)nc(-c3ccccc3)n2)cc1. The summed E-state index contributed by atoms with van der Waals surface area (Å²) in [4.78, 5) is 13.4. The van der Waals surface area contributed by atoms with Crippen LogP contribution in [-0.4, -0.2) is 15.0 Å². The molecule has 0 atom stereocenters. The molecule has 0 amide bonds. The zero-order valence-electron chi connectivity index (χ0n) is 15.0. The maximum Gasteiger partial charge on any atom is 0.163 e. The minimum absolute atomic E-state index is 0.647. The molecular weight excluding hydrogens is 370 g/mol. The van der Waals surface area contributed by atoms with Crippen LogP contribution in [0.15, 0.2) is 85.2 Å². The smallest absolute Gasteiger partial charge is 0.163 e. The van der Waals surface area contributed by atoms with Gasteiger partial charge in [0.05, 0.1) is 0 Å². The Morgan fingerprint density at radius 1 is 0.786 bits per heavy atom. The van der Waals surface area contributed by atoms with Gasteiger partial charge in [-0.05, 0) is 42.0 Å². The summed E-state index contributed by atoms with van der Waals surface area (Å²) in [6.45, 7) is 0.647. The Morgan fingerprint density at radius 3 is 2.25 bits per heavy atom. The van der Waals surface area contributed by atoms with Crippen LogP contribution in [0.2, 0.25) is 5.02 Å². The fourth-order valence-electron chi connectivity index (χ4n) is 2.69. The summed E-state index contributed by atoms with van der Waals surface area (Å²) in [6.07, 6.45) is 3.56. The average Bonchev–Trinajstić information content (AvgIpc) is 2.75. The highest BCUT2D eigenvalue weighted by atomic mass is 35.5. The number of hydrogen-bond acceptors (Lipinski definition) is 5. The molecule has 0 spiro atoms. The second-order valence-electron chi connectivity index (χ2n) is 6.17. The lowest BCUT2D eigenvalue weighted by molar-refractivity contribution is 1.08. The van der Waals surface area contributed by atoms with Crippen molar-refractivity contribution in [2.75, 3.05) is 10.6 Å². The number of pyridine rings is 1. The van der Waals surface area contributed by atoms with Crippen molar-refractivity contribution >= 4 is 28.9 Å². The monoisotopic (exact) mass is 387 g/mol. The molecule has 0 saturated heterocycles. The van der Waals surface area contributed by atoms with Crippen LogP contribution in [0.5, 0.6) is 0 Å². The van der Waals surface area contributed by atoms with Crippen LogP contribution in [-0.2, 0) is 6.54 Å². The fraction of sp³-hybridized carbons (Fsp3) is 0.0455. The van der Waals surface area contributed by atoms with Gasteiger partial charge in [-0.3, -0.25) is 4.98 Å². The van der Waals surface area contributed by atoms with E-state index in [1.807, 2.05) is 72.8 Å². The number of hydrogen-bond donors (Lipinski definition) is 2. The first-order valence-corrected chi connectivity index (χ1v) is 9.24. The summed E-state index contributed by atoms with van der Waals surface area (Å²) in [5.41, 5.74) is 2.98. The van der Waals surface area contributed by atoms with Gasteiger partial charge in [0.2, 0.25) is 0 Å². The molecule has 0 aliphatic heterocycles. The molecule has 0 saturated carbocycles. The van der Waals surface area contributed by atoms with Gasteiger partial charge in [0.1, 0.15) is 11.6 Å². The topological polar surface area (TPSA) is 62.7 Å². The largest absolute Gasteiger partial charge is 0.366 e. The lowest BCUT2D eigenvalue weighted by Crippen LogP contribution is -2.05. The van der Waals surface area contributed by atoms with Crippen LogP contribution in [0.4, 0.5) is 17.3 Å². The second kappa shape index (κ2) is 8.50. The van der Waals surface area contributed by atoms with E-state index in [0.717, 1.165) is 22.6 Å². The number of rotatable bonds is 6. The van der Waals surface area contributed by atoms with E-state index in [0.29, 0.717) is 23.2 Å². The highest BCUT2D eigenvalue weighted by Crippen LogP contribution is 2.23. The highest BCUT2D eigenvalue weighted by Gasteiger charge is 2.08. The van der Waals surface area contributed by atoms with E-state index in [4.69, 9.17) is 11.6 Å². The van der Waals surface area contributed by atoms with Gasteiger partial charge in [0.25, 0.3) is 0 Å². The first-order chi connectivity index (χ1) is 13.8. The van der Waals surface area contributed by atoms with E-state index in [1.54, 1.807) is 12.4 Å². The Balaban J connectivity index is 1.63. The van der Waals surface area contributed by atoms with Crippen molar-refractivity contribution in [3.63, 3.8) is 0 Å². The van der Waals surface area contributed by atoms with E-state index in [2.05, 4.69) is 25.6 Å². The maximum atomic E-state index is 5.98. The summed E-state index contributed by atoms with van der Waals surface area (Å²) in [7, 11) is 0. The zero-order chi connectivity index (χ0) is 19.2. The third-order valence-electron chi connectivity index (χ3n) is 4.10. The van der Waals surface area contributed by atoms with E-state index < -0.39 is 0 Å². The summed E-state index contributed by atoms with van der Waals surface area (Å²) in [6, 6.07) is 23.2. The van der Waals surface area contributed by atoms with Crippen LogP contribution in [0.1, 0.15) is 5.56 Å². The number of nitrogens with one attached hydrogen (secondary N) is 2. The lowest BCUT2D eigenvalue weighted by atomic mass is 10.2. The Hall–Kier alpha value is -3.44. The third-order valence-corrected chi connectivity index (χ3v) is 4.35. The molecule has 2 N–H and O–H groups in total. The van der Waals surface area contributed by atoms with Gasteiger partial charge in [0, 0.05) is 41.3 Å². The summed E-state index contributed by atoms with van der Waals surface area (Å²) >= 11 is 5.98. The van der Waals surface area contributed by atoms with Gasteiger partial charge in [-0.25, -0.2) is 9.97 Å². The second-order valence-corrected chi connectivity index (χ2v) is 6.61. The highest BCUT2D eigenvalue weighted by molar-refractivity contribution is 6.30. The van der Waals surface area contributed by atoms with Gasteiger partial charge in [0.15, 0.2) is 5.82 Å². The van der Waals surface area contributed by atoms with Crippen LogP contribution in [0.25, 0.3) is 11.4 Å². The van der Waals surface area contributed by atoms with Crippen molar-refractivity contribution in [3.8, 4) is 11.4 Å². The van der Waals surface area contributed by atoms with Gasteiger partial charge in [-0.15, -0.1) is 0 Å². The predicted octanol–water partition coefficient (Wildman–Crippen LogP) is 5.55. The van der Waals surface area contributed by atoms with Gasteiger partial charge >= 0.3 is 0 Å². The fourth-order valence-corrected chi connectivity index (χ4v) is 2.82. The molecule has 2 aromatic carbocycles. The molecule has 0 radical (unpaired) electrons. The minimum atomic E-state index is 0.647. The van der Waals surface area contributed by atoms with Crippen molar-refractivity contribution in [3.05, 3.63) is 95.8 Å². The molecule has 2 heterocycles. The minimum Gasteiger partial charge on any atom is -0.366 e. The number of nitrogens with zero attached hydrogens (tertiary/aromatic N) is 3. The standard InChI is InChI=1S/C22H18ClN5/c23-18-6-8-19(9-7-18)26-21-14-20(25-15-16-10-12-24-13-11-16)27-22(28-21)17-4-2-1-3-5-17/h1-14H,15H2,(H2,25,26,27,28). The van der Waals surface area contributed by atoms with Crippen molar-refractivity contribution in [2.45, 2.75) is 6.54 Å². The van der Waals surface area contributed by atoms with Crippen LogP contribution < -0.4 is 10.6 Å². The Labute approximate surface area is 168 Å². The van der Waals surface area contributed by atoms with Crippen molar-refractivity contribution in [2.24, 2.45) is 0 Å². The predicted molar refractivity (Wildman–Crippen MR) is 114 cm³/mol. The number of halogens is 1. The van der Waals surface area contributed by atoms with Gasteiger partial charge < -0.3 is 10.6 Å². The van der Waals surface area contributed by atoms with E-state index in [1.165, 1.54) is 0 Å². The normalized spacial score (nSPS) is 10.5. The molecule has 0 bridgehead atoms. The molecule has 138 valence electrons. The Kier molecular flexibility index (Phi) is 5.45. The summed E-state index contributed by atoms with van der Waals surface area (Å²) in [5, 5.41) is 7.38. The Morgan fingerprint density at radius 2 is 1.50 bits per heavy atom. The first-order valence-electron chi connectivity index (χ1n) is 8.86. The summed E-state index contributed by atoms with van der Waals surface area (Å²) in [5.74, 6) is 2.09. The van der Waals surface area contributed by atoms with Gasteiger partial charge in [-0.2, -0.15) is 0 Å². The molecule has 4 rings (SSSR count).